The first-order valence-electron chi connectivity index (χ1n) is 40.9. The molecule has 0 saturated heterocycles. The Balaban J connectivity index is 0.000000149. The molecule has 0 saturated carbocycles. The lowest BCUT2D eigenvalue weighted by atomic mass is 9.97. The third-order valence-corrected chi connectivity index (χ3v) is 23.2. The highest BCUT2D eigenvalue weighted by molar-refractivity contribution is 6.12. The Morgan fingerprint density at radius 3 is 0.858 bits per heavy atom. The van der Waals surface area contributed by atoms with Crippen molar-refractivity contribution in [1.82, 2.24) is 23.7 Å². The van der Waals surface area contributed by atoms with Crippen LogP contribution in [0.5, 0.6) is 0 Å². The van der Waals surface area contributed by atoms with E-state index in [1.807, 2.05) is 12.1 Å². The normalized spacial score (nSPS) is 11.4. The molecule has 0 radical (unpaired) electrons. The number of fused-ring (bicyclic) bond motifs is 7. The lowest BCUT2D eigenvalue weighted by molar-refractivity contribution is 1.10. The van der Waals surface area contributed by atoms with Gasteiger partial charge in [0.05, 0.1) is 44.5 Å². The second-order valence-corrected chi connectivity index (χ2v) is 30.6. The van der Waals surface area contributed by atoms with Crippen molar-refractivity contribution < 1.29 is 0 Å². The molecule has 7 heteroatoms. The molecular weight excluding hydrogens is 1460 g/mol. The van der Waals surface area contributed by atoms with Gasteiger partial charge in [-0.3, -0.25) is 9.13 Å². The molecule has 0 amide bonds. The van der Waals surface area contributed by atoms with Crippen molar-refractivity contribution in [2.45, 2.75) is 6.92 Å². The molecule has 120 heavy (non-hydrogen) atoms. The predicted molar refractivity (Wildman–Crippen MR) is 504 cm³/mol. The average molecular weight is 1530 g/mol. The number of aromatic nitrogens is 5. The molecule has 19 aromatic carbocycles. The highest BCUT2D eigenvalue weighted by Gasteiger charge is 2.22. The van der Waals surface area contributed by atoms with Gasteiger partial charge in [0.2, 0.25) is 0 Å². The molecule has 3 aromatic heterocycles. The fraction of sp³-hybridized carbons (Fsp3) is 0.00885. The maximum Gasteiger partial charge on any atom is 0.145 e. The predicted octanol–water partition coefficient (Wildman–Crippen LogP) is 30.4. The third-order valence-electron chi connectivity index (χ3n) is 23.2. The molecule has 0 aliphatic heterocycles. The minimum Gasteiger partial charge on any atom is -0.310 e. The maximum atomic E-state index is 5.11. The number of rotatable bonds is 16. The van der Waals surface area contributed by atoms with Gasteiger partial charge in [0, 0.05) is 72.5 Å². The molecule has 0 bridgehead atoms. The summed E-state index contributed by atoms with van der Waals surface area (Å²) in [4.78, 5) is 14.9. The molecule has 0 spiro atoms. The summed E-state index contributed by atoms with van der Waals surface area (Å²) in [5.74, 6) is 1.85. The lowest BCUT2D eigenvalue weighted by Crippen LogP contribution is -2.10. The molecule has 0 aliphatic carbocycles. The van der Waals surface area contributed by atoms with Crippen LogP contribution >= 0.6 is 0 Å². The van der Waals surface area contributed by atoms with Gasteiger partial charge in [0.25, 0.3) is 0 Å². The zero-order chi connectivity index (χ0) is 79.8. The molecule has 22 rings (SSSR count). The SMILES string of the molecule is Cc1ccc(-n2c3ccc(-c4ccc(-c5nc6ccccc6n5-c5ccccc5)cc4)cc3c3cc(-c4ccc(-c5nc6ccccc6n5-c5ccccc5)cc4)ccc32)cc1.c1ccc(N(c2ccc(-c3ccc(-c4ccc(-c5ccc(N(c6ccccc6)c6cccc7ccccc67)cc5)cc4)cc3)cc2)c2cccc3ccccc23)cc1. The van der Waals surface area contributed by atoms with Crippen molar-refractivity contribution in [2.24, 2.45) is 0 Å². The fourth-order valence-electron chi connectivity index (χ4n) is 17.2. The summed E-state index contributed by atoms with van der Waals surface area (Å²) in [6, 6.07) is 165. The molecular formula is C113H79N7. The topological polar surface area (TPSA) is 47.1 Å². The maximum absolute atomic E-state index is 5.11. The van der Waals surface area contributed by atoms with E-state index in [2.05, 4.69) is 479 Å². The highest BCUT2D eigenvalue weighted by Crippen LogP contribution is 2.45. The van der Waals surface area contributed by atoms with Crippen LogP contribution in [0.3, 0.4) is 0 Å². The first-order chi connectivity index (χ1) is 59.4. The summed E-state index contributed by atoms with van der Waals surface area (Å²) in [5, 5.41) is 7.33. The van der Waals surface area contributed by atoms with E-state index in [0.29, 0.717) is 0 Å². The summed E-state index contributed by atoms with van der Waals surface area (Å²) in [6.07, 6.45) is 0. The average Bonchev–Trinajstić information content (AvgIpc) is 1.57. The van der Waals surface area contributed by atoms with E-state index in [0.717, 1.165) is 107 Å². The van der Waals surface area contributed by atoms with Gasteiger partial charge in [-0.2, -0.15) is 0 Å². The zero-order valence-corrected chi connectivity index (χ0v) is 66.0. The van der Waals surface area contributed by atoms with Gasteiger partial charge >= 0.3 is 0 Å². The van der Waals surface area contributed by atoms with E-state index in [9.17, 15) is 0 Å². The van der Waals surface area contributed by atoms with Crippen molar-refractivity contribution >= 4 is 99.5 Å². The summed E-state index contributed by atoms with van der Waals surface area (Å²) in [7, 11) is 0. The Morgan fingerprint density at radius 2 is 0.475 bits per heavy atom. The number of aryl methyl sites for hydroxylation is 1. The molecule has 0 atom stereocenters. The first kappa shape index (κ1) is 71.8. The second-order valence-electron chi connectivity index (χ2n) is 30.6. The van der Waals surface area contributed by atoms with Gasteiger partial charge in [-0.15, -0.1) is 0 Å². The Bertz CT molecular complexity index is 7010. The van der Waals surface area contributed by atoms with Crippen molar-refractivity contribution in [1.29, 1.82) is 0 Å². The monoisotopic (exact) mass is 1530 g/mol. The van der Waals surface area contributed by atoms with Crippen LogP contribution in [0.4, 0.5) is 34.1 Å². The quantitative estimate of drug-likeness (QED) is 0.0967. The summed E-state index contributed by atoms with van der Waals surface area (Å²) in [6.45, 7) is 2.14. The van der Waals surface area contributed by atoms with E-state index in [1.165, 1.54) is 93.4 Å². The van der Waals surface area contributed by atoms with Gasteiger partial charge < -0.3 is 14.4 Å². The van der Waals surface area contributed by atoms with Crippen LogP contribution in [0.2, 0.25) is 0 Å². The molecule has 22 aromatic rings. The van der Waals surface area contributed by atoms with Crippen LogP contribution in [-0.2, 0) is 0 Å². The lowest BCUT2D eigenvalue weighted by Gasteiger charge is -2.27. The number of nitrogens with zero attached hydrogens (tertiary/aromatic N) is 7. The smallest absolute Gasteiger partial charge is 0.145 e. The highest BCUT2D eigenvalue weighted by atomic mass is 15.2. The van der Waals surface area contributed by atoms with Gasteiger partial charge in [-0.1, -0.05) is 321 Å². The number of imidazole rings is 2. The molecule has 7 nitrogen and oxygen atoms in total. The van der Waals surface area contributed by atoms with Crippen LogP contribution in [0, 0.1) is 6.92 Å². The molecule has 0 N–H and O–H groups in total. The van der Waals surface area contributed by atoms with E-state index >= 15 is 0 Å². The number of hydrogen-bond acceptors (Lipinski definition) is 4. The summed E-state index contributed by atoms with van der Waals surface area (Å²) < 4.78 is 6.90. The number of benzene rings is 19. The van der Waals surface area contributed by atoms with Crippen molar-refractivity contribution in [2.75, 3.05) is 9.80 Å². The van der Waals surface area contributed by atoms with E-state index in [1.54, 1.807) is 0 Å². The Kier molecular flexibility index (Phi) is 18.7. The number of anilines is 6. The largest absolute Gasteiger partial charge is 0.310 e. The second kappa shape index (κ2) is 31.3. The van der Waals surface area contributed by atoms with Gasteiger partial charge in [0.15, 0.2) is 0 Å². The standard InChI is InChI=1S/C57H39N5.C56H40N2/c1-38-20-32-47(33-21-38)60-52-34-30-43(39-22-26-41(27-23-39)56-58-50-16-8-10-18-54(50)61(56)45-12-4-2-5-13-45)36-48(52)49-37-44(31-35-53(49)60)40-24-28-42(29-25-40)57-59-51-17-9-11-19-55(51)62(57)46-14-6-3-7-15-46;1-3-17-49(18-4-1)57(55-23-11-15-47-13-7-9-21-53(47)55)51-37-33-45(34-38-51)43-29-25-41(26-30-43)42-27-31-44(32-28-42)46-35-39-52(40-36-46)58(50-19-5-2-6-20-50)56-24-12-16-48-14-8-10-22-54(48)56/h2-37H,1H3;1-40H. The zero-order valence-electron chi connectivity index (χ0n) is 66.0. The number of para-hydroxylation sites is 8. The van der Waals surface area contributed by atoms with Crippen LogP contribution in [0.25, 0.3) is 161 Å². The molecule has 566 valence electrons. The summed E-state index contributed by atoms with van der Waals surface area (Å²) >= 11 is 0. The van der Waals surface area contributed by atoms with Crippen LogP contribution in [0.15, 0.2) is 461 Å². The van der Waals surface area contributed by atoms with Gasteiger partial charge in [-0.25, -0.2) is 9.97 Å². The Hall–Kier alpha value is -16.0. The van der Waals surface area contributed by atoms with Crippen LogP contribution in [0.1, 0.15) is 5.56 Å². The summed E-state index contributed by atoms with van der Waals surface area (Å²) in [5.41, 5.74) is 31.8. The van der Waals surface area contributed by atoms with Gasteiger partial charge in [-0.05, 0) is 219 Å². The Morgan fingerprint density at radius 1 is 0.192 bits per heavy atom. The minimum atomic E-state index is 0.927. The van der Waals surface area contributed by atoms with E-state index in [-0.39, 0.29) is 0 Å². The Labute approximate surface area is 697 Å². The minimum absolute atomic E-state index is 0.927. The van der Waals surface area contributed by atoms with E-state index < -0.39 is 0 Å². The van der Waals surface area contributed by atoms with Crippen molar-refractivity contribution in [3.63, 3.8) is 0 Å². The molecule has 0 aliphatic rings. The molecule has 0 fully saturated rings. The van der Waals surface area contributed by atoms with Crippen molar-refractivity contribution in [3.8, 4) is 95.5 Å². The van der Waals surface area contributed by atoms with Crippen LogP contribution in [-0.4, -0.2) is 23.7 Å². The van der Waals surface area contributed by atoms with Crippen molar-refractivity contribution in [3.05, 3.63) is 467 Å². The number of hydrogen-bond donors (Lipinski definition) is 0. The first-order valence-corrected chi connectivity index (χ1v) is 40.9. The third kappa shape index (κ3) is 13.7. The fourth-order valence-corrected chi connectivity index (χ4v) is 17.2. The molecule has 0 unspecified atom stereocenters. The van der Waals surface area contributed by atoms with E-state index in [4.69, 9.17) is 9.97 Å². The van der Waals surface area contributed by atoms with Gasteiger partial charge in [0.1, 0.15) is 11.6 Å². The molecule has 3 heterocycles. The van der Waals surface area contributed by atoms with Crippen LogP contribution < -0.4 is 9.80 Å².